The molecule has 0 saturated carbocycles. The van der Waals surface area contributed by atoms with E-state index in [1.807, 2.05) is 42.5 Å². The van der Waals surface area contributed by atoms with Crippen molar-refractivity contribution < 1.29 is 28.5 Å². The van der Waals surface area contributed by atoms with E-state index in [4.69, 9.17) is 28.8 Å². The van der Waals surface area contributed by atoms with Gasteiger partial charge >= 0.3 is 0 Å². The van der Waals surface area contributed by atoms with E-state index in [-0.39, 0.29) is 18.5 Å². The Morgan fingerprint density at radius 3 is 2.42 bits per heavy atom. The van der Waals surface area contributed by atoms with Gasteiger partial charge in [0.1, 0.15) is 17.2 Å². The topological polar surface area (TPSA) is 82.1 Å². The van der Waals surface area contributed by atoms with Crippen LogP contribution in [0.4, 0.5) is 0 Å². The van der Waals surface area contributed by atoms with Crippen LogP contribution in [0.2, 0.25) is 0 Å². The summed E-state index contributed by atoms with van der Waals surface area (Å²) in [6.45, 7) is 3.03. The summed E-state index contributed by atoms with van der Waals surface area (Å²) < 4.78 is 28.1. The molecule has 2 aromatic carbocycles. The first-order valence-electron chi connectivity index (χ1n) is 12.3. The van der Waals surface area contributed by atoms with Gasteiger partial charge in [-0.3, -0.25) is 9.69 Å². The SMILES string of the molecule is COc1cccc(C2=NN(C(=O)CN3CCC4(CC3)OCCO4)C(c3ccc(OC)cc3OC)C2)c1. The van der Waals surface area contributed by atoms with Crippen LogP contribution < -0.4 is 14.2 Å². The van der Waals surface area contributed by atoms with Gasteiger partial charge in [0.2, 0.25) is 0 Å². The Labute approximate surface area is 211 Å². The summed E-state index contributed by atoms with van der Waals surface area (Å²) in [6.07, 6.45) is 2.08. The molecule has 1 spiro atoms. The summed E-state index contributed by atoms with van der Waals surface area (Å²) in [6, 6.07) is 13.1. The first-order valence-corrected chi connectivity index (χ1v) is 12.3. The zero-order chi connectivity index (χ0) is 25.1. The molecule has 0 N–H and O–H groups in total. The Balaban J connectivity index is 1.39. The van der Waals surface area contributed by atoms with Crippen molar-refractivity contribution in [2.45, 2.75) is 31.1 Å². The lowest BCUT2D eigenvalue weighted by molar-refractivity contribution is -0.186. The third-order valence-corrected chi connectivity index (χ3v) is 7.16. The second kappa shape index (κ2) is 10.5. The third kappa shape index (κ3) is 4.91. The zero-order valence-corrected chi connectivity index (χ0v) is 21.1. The Kier molecular flexibility index (Phi) is 7.13. The molecule has 3 heterocycles. The Morgan fingerprint density at radius 2 is 1.72 bits per heavy atom. The lowest BCUT2D eigenvalue weighted by Crippen LogP contribution is -2.48. The maximum absolute atomic E-state index is 13.7. The smallest absolute Gasteiger partial charge is 0.257 e. The fraction of sp³-hybridized carbons (Fsp3) is 0.481. The Morgan fingerprint density at radius 1 is 1.00 bits per heavy atom. The number of rotatable bonds is 7. The highest BCUT2D eigenvalue weighted by molar-refractivity contribution is 6.03. The fourth-order valence-electron chi connectivity index (χ4n) is 5.15. The molecule has 36 heavy (non-hydrogen) atoms. The van der Waals surface area contributed by atoms with E-state index in [2.05, 4.69) is 4.90 Å². The summed E-state index contributed by atoms with van der Waals surface area (Å²) in [5.74, 6) is 1.58. The van der Waals surface area contributed by atoms with Crippen molar-refractivity contribution in [3.8, 4) is 17.2 Å². The highest BCUT2D eigenvalue weighted by atomic mass is 16.7. The molecule has 9 nitrogen and oxygen atoms in total. The van der Waals surface area contributed by atoms with Crippen molar-refractivity contribution >= 4 is 11.6 Å². The molecular weight excluding hydrogens is 462 g/mol. The molecule has 0 aromatic heterocycles. The van der Waals surface area contributed by atoms with E-state index >= 15 is 0 Å². The second-order valence-electron chi connectivity index (χ2n) is 9.23. The number of hydrazone groups is 1. The zero-order valence-electron chi connectivity index (χ0n) is 21.1. The minimum atomic E-state index is -0.468. The van der Waals surface area contributed by atoms with Gasteiger partial charge in [0.15, 0.2) is 5.79 Å². The average Bonchev–Trinajstić information content (AvgIpc) is 3.57. The standard InChI is InChI=1S/C27H33N3O6/c1-32-20-6-4-5-19(15-20)23-17-24(22-8-7-21(33-2)16-25(22)34-3)30(28-23)26(31)18-29-11-9-27(10-12-29)35-13-14-36-27/h4-8,15-16,24H,9-14,17-18H2,1-3H3. The second-order valence-corrected chi connectivity index (χ2v) is 9.23. The number of ether oxygens (including phenoxy) is 5. The average molecular weight is 496 g/mol. The van der Waals surface area contributed by atoms with Crippen LogP contribution in [0.5, 0.6) is 17.2 Å². The third-order valence-electron chi connectivity index (χ3n) is 7.16. The number of likely N-dealkylation sites (tertiary alicyclic amines) is 1. The van der Waals surface area contributed by atoms with Crippen LogP contribution in [-0.4, -0.2) is 81.5 Å². The van der Waals surface area contributed by atoms with Gasteiger partial charge < -0.3 is 23.7 Å². The maximum atomic E-state index is 13.7. The summed E-state index contributed by atoms with van der Waals surface area (Å²) in [7, 11) is 4.88. The van der Waals surface area contributed by atoms with Crippen molar-refractivity contribution in [1.82, 2.24) is 9.91 Å². The molecule has 2 fully saturated rings. The lowest BCUT2D eigenvalue weighted by Gasteiger charge is -2.37. The molecular formula is C27H33N3O6. The summed E-state index contributed by atoms with van der Waals surface area (Å²) in [4.78, 5) is 15.8. The van der Waals surface area contributed by atoms with Crippen molar-refractivity contribution in [1.29, 1.82) is 0 Å². The molecule has 3 aliphatic rings. The molecule has 1 unspecified atom stereocenters. The molecule has 0 radical (unpaired) electrons. The van der Waals surface area contributed by atoms with Crippen LogP contribution >= 0.6 is 0 Å². The highest BCUT2D eigenvalue weighted by Gasteiger charge is 2.41. The van der Waals surface area contributed by atoms with E-state index in [1.54, 1.807) is 26.3 Å². The number of amides is 1. The Hall–Kier alpha value is -3.14. The van der Waals surface area contributed by atoms with Gasteiger partial charge in [0.25, 0.3) is 5.91 Å². The number of hydrogen-bond donors (Lipinski definition) is 0. The van der Waals surface area contributed by atoms with E-state index < -0.39 is 5.79 Å². The van der Waals surface area contributed by atoms with Gasteiger partial charge in [-0.25, -0.2) is 5.01 Å². The van der Waals surface area contributed by atoms with Crippen LogP contribution in [0, 0.1) is 0 Å². The molecule has 3 aliphatic heterocycles. The first-order chi connectivity index (χ1) is 17.5. The van der Waals surface area contributed by atoms with Gasteiger partial charge in [-0.05, 0) is 24.3 Å². The predicted molar refractivity (Wildman–Crippen MR) is 134 cm³/mol. The van der Waals surface area contributed by atoms with Gasteiger partial charge in [0.05, 0.1) is 52.8 Å². The van der Waals surface area contributed by atoms with Gasteiger partial charge in [-0.15, -0.1) is 0 Å². The van der Waals surface area contributed by atoms with E-state index in [1.165, 1.54) is 0 Å². The maximum Gasteiger partial charge on any atom is 0.257 e. The highest BCUT2D eigenvalue weighted by Crippen LogP contribution is 2.39. The summed E-state index contributed by atoms with van der Waals surface area (Å²) in [5, 5.41) is 6.45. The largest absolute Gasteiger partial charge is 0.497 e. The molecule has 2 saturated heterocycles. The minimum absolute atomic E-state index is 0.0556. The van der Waals surface area contributed by atoms with Crippen LogP contribution in [0.15, 0.2) is 47.6 Å². The number of hydrogen-bond acceptors (Lipinski definition) is 8. The molecule has 192 valence electrons. The number of carbonyl (C=O) groups is 1. The summed E-state index contributed by atoms with van der Waals surface area (Å²) >= 11 is 0. The normalized spacial score (nSPS) is 21.5. The number of methoxy groups -OCH3 is 3. The number of piperidine rings is 1. The summed E-state index contributed by atoms with van der Waals surface area (Å²) in [5.41, 5.74) is 2.65. The van der Waals surface area contributed by atoms with Crippen molar-refractivity contribution in [2.24, 2.45) is 5.10 Å². The van der Waals surface area contributed by atoms with Crippen LogP contribution in [0.1, 0.15) is 36.4 Å². The monoisotopic (exact) mass is 495 g/mol. The minimum Gasteiger partial charge on any atom is -0.497 e. The Bertz CT molecular complexity index is 1120. The predicted octanol–water partition coefficient (Wildman–Crippen LogP) is 3.23. The molecule has 1 atom stereocenters. The molecule has 5 rings (SSSR count). The van der Waals surface area contributed by atoms with Crippen LogP contribution in [-0.2, 0) is 14.3 Å². The molecule has 1 amide bonds. The quantitative estimate of drug-likeness (QED) is 0.583. The van der Waals surface area contributed by atoms with Crippen LogP contribution in [0.25, 0.3) is 0 Å². The van der Waals surface area contributed by atoms with E-state index in [9.17, 15) is 4.79 Å². The van der Waals surface area contributed by atoms with Gasteiger partial charge in [-0.1, -0.05) is 12.1 Å². The van der Waals surface area contributed by atoms with Gasteiger partial charge in [-0.2, -0.15) is 5.10 Å². The molecule has 0 aliphatic carbocycles. The van der Waals surface area contributed by atoms with Crippen molar-refractivity contribution in [2.75, 3.05) is 54.2 Å². The first kappa shape index (κ1) is 24.5. The van der Waals surface area contributed by atoms with Crippen molar-refractivity contribution in [3.63, 3.8) is 0 Å². The number of benzene rings is 2. The number of nitrogens with zero attached hydrogens (tertiary/aromatic N) is 3. The molecule has 0 bridgehead atoms. The van der Waals surface area contributed by atoms with Gasteiger partial charge in [0, 0.05) is 49.5 Å². The van der Waals surface area contributed by atoms with Crippen LogP contribution in [0.3, 0.4) is 0 Å². The molecule has 2 aromatic rings. The number of carbonyl (C=O) groups excluding carboxylic acids is 1. The molecule has 9 heteroatoms. The fourth-order valence-corrected chi connectivity index (χ4v) is 5.15. The van der Waals surface area contributed by atoms with E-state index in [0.29, 0.717) is 31.1 Å². The van der Waals surface area contributed by atoms with E-state index in [0.717, 1.165) is 48.5 Å². The van der Waals surface area contributed by atoms with Crippen molar-refractivity contribution in [3.05, 3.63) is 53.6 Å². The lowest BCUT2D eigenvalue weighted by atomic mass is 9.97.